The smallest absolute Gasteiger partial charge is 0.328 e. The van der Waals surface area contributed by atoms with E-state index in [9.17, 15) is 9.59 Å². The van der Waals surface area contributed by atoms with Crippen molar-refractivity contribution >= 4 is 11.9 Å². The van der Waals surface area contributed by atoms with E-state index in [0.29, 0.717) is 5.92 Å². The molecule has 0 fully saturated rings. The maximum absolute atomic E-state index is 11.8. The third-order valence-corrected chi connectivity index (χ3v) is 3.14. The summed E-state index contributed by atoms with van der Waals surface area (Å²) in [6.45, 7) is 8.92. The summed E-state index contributed by atoms with van der Waals surface area (Å²) in [5, 5.41) is 11.5. The van der Waals surface area contributed by atoms with Crippen LogP contribution in [-0.4, -0.2) is 22.5 Å². The first kappa shape index (κ1) is 14.9. The topological polar surface area (TPSA) is 66.4 Å². The third-order valence-electron chi connectivity index (χ3n) is 3.14. The Labute approximate surface area is 97.4 Å². The largest absolute Gasteiger partial charge is 0.480 e. The summed E-state index contributed by atoms with van der Waals surface area (Å²) in [6.07, 6.45) is 1.86. The fourth-order valence-electron chi connectivity index (χ4n) is 1.69. The van der Waals surface area contributed by atoms with Gasteiger partial charge in [-0.25, -0.2) is 4.79 Å². The molecule has 0 aromatic rings. The summed E-state index contributed by atoms with van der Waals surface area (Å²) in [7, 11) is 0. The van der Waals surface area contributed by atoms with Crippen molar-refractivity contribution in [2.24, 2.45) is 11.8 Å². The lowest BCUT2D eigenvalue weighted by Crippen LogP contribution is -2.52. The van der Waals surface area contributed by atoms with Crippen LogP contribution in [0.25, 0.3) is 0 Å². The zero-order valence-corrected chi connectivity index (χ0v) is 10.8. The zero-order valence-electron chi connectivity index (χ0n) is 10.8. The summed E-state index contributed by atoms with van der Waals surface area (Å²) < 4.78 is 0. The average molecular weight is 229 g/mol. The minimum absolute atomic E-state index is 0.145. The molecule has 0 aliphatic carbocycles. The van der Waals surface area contributed by atoms with Crippen LogP contribution in [0.5, 0.6) is 0 Å². The highest BCUT2D eigenvalue weighted by Gasteiger charge is 2.32. The van der Waals surface area contributed by atoms with E-state index in [0.717, 1.165) is 12.8 Å². The van der Waals surface area contributed by atoms with Crippen LogP contribution >= 0.6 is 0 Å². The predicted octanol–water partition coefficient (Wildman–Crippen LogP) is 2.04. The summed E-state index contributed by atoms with van der Waals surface area (Å²) in [4.78, 5) is 22.7. The lowest BCUT2D eigenvalue weighted by atomic mass is 9.88. The van der Waals surface area contributed by atoms with Gasteiger partial charge in [-0.05, 0) is 19.8 Å². The van der Waals surface area contributed by atoms with E-state index in [1.54, 1.807) is 0 Å². The fraction of sp³-hybridized carbons (Fsp3) is 0.833. The molecule has 0 aliphatic heterocycles. The summed E-state index contributed by atoms with van der Waals surface area (Å²) >= 11 is 0. The number of carboxylic acid groups (broad SMARTS) is 1. The van der Waals surface area contributed by atoms with Crippen molar-refractivity contribution in [3.63, 3.8) is 0 Å². The number of carboxylic acids is 1. The summed E-state index contributed by atoms with van der Waals surface area (Å²) in [5.41, 5.74) is -1.20. The van der Waals surface area contributed by atoms with Crippen molar-refractivity contribution in [1.29, 1.82) is 0 Å². The molecule has 94 valence electrons. The van der Waals surface area contributed by atoms with E-state index in [4.69, 9.17) is 5.11 Å². The normalized spacial score (nSPS) is 13.6. The maximum atomic E-state index is 11.8. The number of hydrogen-bond donors (Lipinski definition) is 2. The predicted molar refractivity (Wildman–Crippen MR) is 63.1 cm³/mol. The van der Waals surface area contributed by atoms with Crippen LogP contribution < -0.4 is 5.32 Å². The average Bonchev–Trinajstić information content (AvgIpc) is 2.18. The zero-order chi connectivity index (χ0) is 12.9. The van der Waals surface area contributed by atoms with E-state index in [1.165, 1.54) is 13.8 Å². The van der Waals surface area contributed by atoms with Crippen LogP contribution in [0.2, 0.25) is 0 Å². The van der Waals surface area contributed by atoms with E-state index in [-0.39, 0.29) is 11.8 Å². The Morgan fingerprint density at radius 1 is 1.25 bits per heavy atom. The van der Waals surface area contributed by atoms with Crippen molar-refractivity contribution in [3.05, 3.63) is 0 Å². The first-order valence-electron chi connectivity index (χ1n) is 5.81. The van der Waals surface area contributed by atoms with Crippen molar-refractivity contribution in [2.45, 2.75) is 53.0 Å². The highest BCUT2D eigenvalue weighted by Crippen LogP contribution is 2.20. The Hall–Kier alpha value is -1.06. The van der Waals surface area contributed by atoms with Gasteiger partial charge in [0.1, 0.15) is 5.54 Å². The van der Waals surface area contributed by atoms with Crippen molar-refractivity contribution < 1.29 is 14.7 Å². The molecule has 0 aliphatic rings. The number of carbonyl (C=O) groups excluding carboxylic acids is 1. The van der Waals surface area contributed by atoms with Gasteiger partial charge in [0, 0.05) is 5.92 Å². The Balaban J connectivity index is 4.52. The van der Waals surface area contributed by atoms with Gasteiger partial charge in [-0.3, -0.25) is 4.79 Å². The summed E-state index contributed by atoms with van der Waals surface area (Å²) in [5.74, 6) is -1.03. The number of amides is 1. The molecule has 0 saturated heterocycles. The SMILES string of the molecule is CCC(CC)C(C)C(=O)NC(C)(C)C(=O)O. The molecule has 4 heteroatoms. The van der Waals surface area contributed by atoms with Crippen LogP contribution in [0.3, 0.4) is 0 Å². The van der Waals surface area contributed by atoms with Crippen molar-refractivity contribution in [1.82, 2.24) is 5.32 Å². The second-order valence-electron chi connectivity index (χ2n) is 4.78. The van der Waals surface area contributed by atoms with E-state index < -0.39 is 11.5 Å². The molecule has 1 unspecified atom stereocenters. The van der Waals surface area contributed by atoms with Gasteiger partial charge in [0.2, 0.25) is 5.91 Å². The van der Waals surface area contributed by atoms with E-state index in [2.05, 4.69) is 5.32 Å². The minimum Gasteiger partial charge on any atom is -0.480 e. The second kappa shape index (κ2) is 5.87. The lowest BCUT2D eigenvalue weighted by molar-refractivity contribution is -0.147. The molecule has 1 amide bonds. The Bertz CT molecular complexity index is 257. The molecule has 0 saturated carbocycles. The highest BCUT2D eigenvalue weighted by atomic mass is 16.4. The van der Waals surface area contributed by atoms with Gasteiger partial charge in [-0.1, -0.05) is 33.6 Å². The molecule has 0 rings (SSSR count). The maximum Gasteiger partial charge on any atom is 0.328 e. The van der Waals surface area contributed by atoms with Crippen LogP contribution in [0.1, 0.15) is 47.5 Å². The molecule has 4 nitrogen and oxygen atoms in total. The summed E-state index contributed by atoms with van der Waals surface area (Å²) in [6, 6.07) is 0. The van der Waals surface area contributed by atoms with Crippen LogP contribution in [0.4, 0.5) is 0 Å². The van der Waals surface area contributed by atoms with Crippen LogP contribution in [-0.2, 0) is 9.59 Å². The molecule has 1 atom stereocenters. The van der Waals surface area contributed by atoms with Crippen molar-refractivity contribution in [3.8, 4) is 0 Å². The molecule has 0 bridgehead atoms. The standard InChI is InChI=1S/C12H23NO3/c1-6-9(7-2)8(3)10(14)13-12(4,5)11(15)16/h8-9H,6-7H2,1-5H3,(H,13,14)(H,15,16). The highest BCUT2D eigenvalue weighted by molar-refractivity contribution is 5.87. The van der Waals surface area contributed by atoms with Gasteiger partial charge < -0.3 is 10.4 Å². The number of carbonyl (C=O) groups is 2. The van der Waals surface area contributed by atoms with Crippen molar-refractivity contribution in [2.75, 3.05) is 0 Å². The minimum atomic E-state index is -1.20. The van der Waals surface area contributed by atoms with Gasteiger partial charge >= 0.3 is 5.97 Å². The van der Waals surface area contributed by atoms with E-state index in [1.807, 2.05) is 20.8 Å². The first-order valence-corrected chi connectivity index (χ1v) is 5.81. The molecule has 0 aromatic heterocycles. The molecule has 16 heavy (non-hydrogen) atoms. The number of aliphatic carboxylic acids is 1. The molecule has 0 aromatic carbocycles. The molecule has 2 N–H and O–H groups in total. The number of hydrogen-bond acceptors (Lipinski definition) is 2. The van der Waals surface area contributed by atoms with Gasteiger partial charge in [-0.15, -0.1) is 0 Å². The van der Waals surface area contributed by atoms with Crippen LogP contribution in [0, 0.1) is 11.8 Å². The number of rotatable bonds is 6. The van der Waals surface area contributed by atoms with E-state index >= 15 is 0 Å². The molecule has 0 radical (unpaired) electrons. The molecular formula is C12H23NO3. The Morgan fingerprint density at radius 3 is 2.00 bits per heavy atom. The lowest BCUT2D eigenvalue weighted by Gasteiger charge is -2.26. The van der Waals surface area contributed by atoms with Gasteiger partial charge in [-0.2, -0.15) is 0 Å². The van der Waals surface area contributed by atoms with Gasteiger partial charge in [0.15, 0.2) is 0 Å². The first-order chi connectivity index (χ1) is 7.26. The quantitative estimate of drug-likeness (QED) is 0.732. The molecule has 0 heterocycles. The third kappa shape index (κ3) is 3.83. The monoisotopic (exact) mass is 229 g/mol. The fourth-order valence-corrected chi connectivity index (χ4v) is 1.69. The second-order valence-corrected chi connectivity index (χ2v) is 4.78. The number of nitrogens with one attached hydrogen (secondary N) is 1. The molecular weight excluding hydrogens is 206 g/mol. The Morgan fingerprint density at radius 2 is 1.69 bits per heavy atom. The van der Waals surface area contributed by atoms with Gasteiger partial charge in [0.25, 0.3) is 0 Å². The van der Waals surface area contributed by atoms with Gasteiger partial charge in [0.05, 0.1) is 0 Å². The van der Waals surface area contributed by atoms with Crippen LogP contribution in [0.15, 0.2) is 0 Å². The molecule has 0 spiro atoms. The Kier molecular flexibility index (Phi) is 5.48.